The van der Waals surface area contributed by atoms with Crippen molar-refractivity contribution in [2.24, 2.45) is 0 Å². The number of hydrogen-bond acceptors (Lipinski definition) is 4. The maximum atomic E-state index is 14.0. The van der Waals surface area contributed by atoms with Crippen molar-refractivity contribution in [2.45, 2.75) is 37.3 Å². The highest BCUT2D eigenvalue weighted by atomic mass is 16.4. The molecule has 4 amide bonds. The van der Waals surface area contributed by atoms with Gasteiger partial charge in [-0.25, -0.2) is 4.79 Å². The maximum Gasteiger partial charge on any atom is 0.407 e. The van der Waals surface area contributed by atoms with Gasteiger partial charge in [0.15, 0.2) is 0 Å². The predicted molar refractivity (Wildman–Crippen MR) is 177 cm³/mol. The Hall–Kier alpha value is -5.44. The average molecular weight is 621 g/mol. The third-order valence-corrected chi connectivity index (χ3v) is 7.77. The van der Waals surface area contributed by atoms with Crippen molar-refractivity contribution in [3.63, 3.8) is 0 Å². The highest BCUT2D eigenvalue weighted by molar-refractivity contribution is 5.92. The maximum absolute atomic E-state index is 14.0. The molecule has 238 valence electrons. The quantitative estimate of drug-likeness (QED) is 0.143. The first kappa shape index (κ1) is 33.5. The van der Waals surface area contributed by atoms with Crippen molar-refractivity contribution in [1.82, 2.24) is 20.9 Å². The molecule has 0 fully saturated rings. The second-order valence-corrected chi connectivity index (χ2v) is 11.1. The first-order chi connectivity index (χ1) is 22.3. The van der Waals surface area contributed by atoms with Gasteiger partial charge in [0.1, 0.15) is 11.6 Å². The van der Waals surface area contributed by atoms with Crippen LogP contribution >= 0.6 is 0 Å². The van der Waals surface area contributed by atoms with Crippen LogP contribution in [-0.4, -0.2) is 60.0 Å². The lowest BCUT2D eigenvalue weighted by atomic mass is 9.77. The van der Waals surface area contributed by atoms with E-state index in [0.29, 0.717) is 12.8 Å². The molecule has 0 aliphatic heterocycles. The number of carbonyl (C=O) groups excluding carboxylic acids is 3. The van der Waals surface area contributed by atoms with Crippen molar-refractivity contribution >= 4 is 23.8 Å². The summed E-state index contributed by atoms with van der Waals surface area (Å²) in [7, 11) is 1.39. The summed E-state index contributed by atoms with van der Waals surface area (Å²) in [4.78, 5) is 52.7. The second-order valence-electron chi connectivity index (χ2n) is 11.1. The summed E-state index contributed by atoms with van der Waals surface area (Å²) < 4.78 is 0. The molecule has 1 unspecified atom stereocenters. The normalized spacial score (nSPS) is 11.6. The Balaban J connectivity index is 1.57. The second kappa shape index (κ2) is 16.6. The van der Waals surface area contributed by atoms with Gasteiger partial charge in [-0.05, 0) is 35.1 Å². The summed E-state index contributed by atoms with van der Waals surface area (Å²) in [5.41, 5.74) is 2.48. The minimum absolute atomic E-state index is 0.0195. The Morgan fingerprint density at radius 1 is 0.717 bits per heavy atom. The number of carbonyl (C=O) groups is 4. The smallest absolute Gasteiger partial charge is 0.407 e. The Morgan fingerprint density at radius 3 is 1.67 bits per heavy atom. The number of hydrogen-bond donors (Lipinski definition) is 4. The number of nitrogens with one attached hydrogen (secondary N) is 3. The number of rotatable bonds is 15. The molecule has 4 rings (SSSR count). The number of amides is 4. The van der Waals surface area contributed by atoms with E-state index in [-0.39, 0.29) is 31.8 Å². The largest absolute Gasteiger partial charge is 0.465 e. The van der Waals surface area contributed by atoms with E-state index >= 15 is 0 Å². The van der Waals surface area contributed by atoms with E-state index in [1.54, 1.807) is 0 Å². The third-order valence-electron chi connectivity index (χ3n) is 7.77. The van der Waals surface area contributed by atoms with E-state index in [2.05, 4.69) is 16.0 Å². The van der Waals surface area contributed by atoms with Crippen molar-refractivity contribution in [3.05, 3.63) is 144 Å². The van der Waals surface area contributed by atoms with Crippen LogP contribution < -0.4 is 16.0 Å². The van der Waals surface area contributed by atoms with Gasteiger partial charge in [-0.3, -0.25) is 14.4 Å². The van der Waals surface area contributed by atoms with Crippen LogP contribution in [0.25, 0.3) is 0 Å². The summed E-state index contributed by atoms with van der Waals surface area (Å²) in [5, 5.41) is 17.8. The van der Waals surface area contributed by atoms with Crippen LogP contribution in [0.3, 0.4) is 0 Å². The van der Waals surface area contributed by atoms with Gasteiger partial charge in [0.2, 0.25) is 17.7 Å². The van der Waals surface area contributed by atoms with Crippen molar-refractivity contribution in [1.29, 1.82) is 0 Å². The monoisotopic (exact) mass is 620 g/mol. The first-order valence-corrected chi connectivity index (χ1v) is 15.3. The molecule has 0 saturated carbocycles. The molecule has 46 heavy (non-hydrogen) atoms. The van der Waals surface area contributed by atoms with Gasteiger partial charge in [0.25, 0.3) is 0 Å². The molecule has 9 heteroatoms. The summed E-state index contributed by atoms with van der Waals surface area (Å²) in [6.45, 7) is 0.0652. The summed E-state index contributed by atoms with van der Waals surface area (Å²) in [6.07, 6.45) is -0.0284. The molecule has 4 N–H and O–H groups in total. The Kier molecular flexibility index (Phi) is 12.1. The number of benzene rings is 4. The van der Waals surface area contributed by atoms with Crippen LogP contribution in [0, 0.1) is 0 Å². The highest BCUT2D eigenvalue weighted by Gasteiger charge is 2.38. The molecule has 0 aliphatic rings. The molecule has 0 spiro atoms. The lowest BCUT2D eigenvalue weighted by Gasteiger charge is -2.37. The van der Waals surface area contributed by atoms with Gasteiger partial charge >= 0.3 is 6.09 Å². The van der Waals surface area contributed by atoms with E-state index in [1.165, 1.54) is 7.05 Å². The van der Waals surface area contributed by atoms with E-state index in [0.717, 1.165) is 27.2 Å². The highest BCUT2D eigenvalue weighted by Crippen LogP contribution is 2.36. The Bertz CT molecular complexity index is 1470. The zero-order valence-corrected chi connectivity index (χ0v) is 25.9. The fourth-order valence-electron chi connectivity index (χ4n) is 5.37. The van der Waals surface area contributed by atoms with Crippen LogP contribution in [0.4, 0.5) is 4.79 Å². The zero-order chi connectivity index (χ0) is 32.8. The molecule has 1 atom stereocenters. The topological polar surface area (TPSA) is 128 Å². The molecule has 0 aromatic heterocycles. The van der Waals surface area contributed by atoms with Gasteiger partial charge < -0.3 is 26.0 Å². The van der Waals surface area contributed by atoms with E-state index in [1.807, 2.05) is 121 Å². The SMILES string of the molecule is CN(CCNC(=O)C(CC(=O)NC(c1ccccc1)(c1ccccc1)c1ccccc1)NC(=O)CCCc1ccccc1)C(=O)O. The van der Waals surface area contributed by atoms with Gasteiger partial charge in [0, 0.05) is 26.6 Å². The van der Waals surface area contributed by atoms with Gasteiger partial charge in [-0.1, -0.05) is 121 Å². The van der Waals surface area contributed by atoms with Crippen molar-refractivity contribution in [2.75, 3.05) is 20.1 Å². The number of nitrogens with zero attached hydrogens (tertiary/aromatic N) is 1. The van der Waals surface area contributed by atoms with Crippen LogP contribution in [0.2, 0.25) is 0 Å². The minimum atomic E-state index is -1.18. The Labute approximate surface area is 269 Å². The molecule has 0 heterocycles. The molecule has 0 radical (unpaired) electrons. The molecule has 4 aromatic rings. The predicted octanol–water partition coefficient (Wildman–Crippen LogP) is 4.72. The Morgan fingerprint density at radius 2 is 1.20 bits per heavy atom. The van der Waals surface area contributed by atoms with Gasteiger partial charge in [-0.15, -0.1) is 0 Å². The molecule has 0 aliphatic carbocycles. The lowest BCUT2D eigenvalue weighted by molar-refractivity contribution is -0.132. The first-order valence-electron chi connectivity index (χ1n) is 15.3. The van der Waals surface area contributed by atoms with Crippen molar-refractivity contribution in [3.8, 4) is 0 Å². The standard InChI is InChI=1S/C37H40N4O5/c1-41(36(45)46)26-25-38-35(44)32(39-33(42)24-14-17-28-15-6-2-7-16-28)27-34(43)40-37(29-18-8-3-9-19-29,30-20-10-4-11-21-30)31-22-12-5-13-23-31/h2-13,15-16,18-23,32H,14,17,24-27H2,1H3,(H,38,44)(H,39,42)(H,40,43)(H,45,46). The fraction of sp³-hybridized carbons (Fsp3) is 0.243. The molecule has 0 bridgehead atoms. The van der Waals surface area contributed by atoms with Gasteiger partial charge in [-0.2, -0.15) is 0 Å². The van der Waals surface area contributed by atoms with Crippen LogP contribution in [-0.2, 0) is 26.3 Å². The van der Waals surface area contributed by atoms with E-state index < -0.39 is 29.5 Å². The summed E-state index contributed by atoms with van der Waals surface area (Å²) >= 11 is 0. The fourth-order valence-corrected chi connectivity index (χ4v) is 5.37. The average Bonchev–Trinajstić information content (AvgIpc) is 3.08. The van der Waals surface area contributed by atoms with E-state index in [4.69, 9.17) is 5.11 Å². The molecule has 0 saturated heterocycles. The molecular formula is C37H40N4O5. The van der Waals surface area contributed by atoms with Crippen LogP contribution in [0.15, 0.2) is 121 Å². The third kappa shape index (κ3) is 9.04. The van der Waals surface area contributed by atoms with Crippen LogP contribution in [0.1, 0.15) is 41.5 Å². The number of aryl methyl sites for hydroxylation is 1. The summed E-state index contributed by atoms with van der Waals surface area (Å²) in [5.74, 6) is -1.38. The summed E-state index contributed by atoms with van der Waals surface area (Å²) in [6, 6.07) is 37.4. The minimum Gasteiger partial charge on any atom is -0.465 e. The number of likely N-dealkylation sites (N-methyl/N-ethyl adjacent to an activating group) is 1. The zero-order valence-electron chi connectivity index (χ0n) is 25.9. The van der Waals surface area contributed by atoms with Crippen LogP contribution in [0.5, 0.6) is 0 Å². The molecule has 9 nitrogen and oxygen atoms in total. The van der Waals surface area contributed by atoms with Crippen molar-refractivity contribution < 1.29 is 24.3 Å². The molecule has 4 aromatic carbocycles. The van der Waals surface area contributed by atoms with E-state index in [9.17, 15) is 19.2 Å². The number of carboxylic acid groups (broad SMARTS) is 1. The van der Waals surface area contributed by atoms with Gasteiger partial charge in [0.05, 0.1) is 6.42 Å². The molecular weight excluding hydrogens is 580 g/mol. The lowest BCUT2D eigenvalue weighted by Crippen LogP contribution is -2.53.